The van der Waals surface area contributed by atoms with Gasteiger partial charge in [0, 0.05) is 31.7 Å². The number of fused-ring (bicyclic) bond motifs is 1. The van der Waals surface area contributed by atoms with Crippen LogP contribution >= 0.6 is 0 Å². The number of hydrogen-bond donors (Lipinski definition) is 1. The molecule has 140 valence electrons. The highest BCUT2D eigenvalue weighted by atomic mass is 32.2. The van der Waals surface area contributed by atoms with Crippen molar-refractivity contribution in [2.75, 3.05) is 31.9 Å². The summed E-state index contributed by atoms with van der Waals surface area (Å²) in [6.45, 7) is 1.63. The molecule has 2 aliphatic rings. The normalized spacial score (nSPS) is 20.1. The first-order chi connectivity index (χ1) is 12.5. The average molecular weight is 376 g/mol. The Morgan fingerprint density at radius 1 is 1.15 bits per heavy atom. The minimum Gasteiger partial charge on any atom is -0.345 e. The first-order valence-corrected chi connectivity index (χ1v) is 10.8. The predicted octanol–water partition coefficient (Wildman–Crippen LogP) is 1.84. The molecule has 0 bridgehead atoms. The third-order valence-corrected chi connectivity index (χ3v) is 7.55. The number of rotatable bonds is 4. The van der Waals surface area contributed by atoms with Gasteiger partial charge in [0.05, 0.1) is 23.1 Å². The third-order valence-electron chi connectivity index (χ3n) is 5.51. The quantitative estimate of drug-likeness (QED) is 0.882. The zero-order valence-electron chi connectivity index (χ0n) is 14.7. The Bertz CT molecular complexity index is 894. The van der Waals surface area contributed by atoms with Gasteiger partial charge in [-0.1, -0.05) is 12.8 Å². The zero-order valence-corrected chi connectivity index (χ0v) is 15.5. The number of amides is 1. The van der Waals surface area contributed by atoms with E-state index in [2.05, 4.69) is 9.97 Å². The molecule has 1 amide bonds. The fourth-order valence-corrected chi connectivity index (χ4v) is 5.86. The highest BCUT2D eigenvalue weighted by Gasteiger charge is 2.32. The van der Waals surface area contributed by atoms with Crippen LogP contribution in [0.25, 0.3) is 11.0 Å². The van der Waals surface area contributed by atoms with Crippen LogP contribution in [0.2, 0.25) is 0 Å². The van der Waals surface area contributed by atoms with Crippen molar-refractivity contribution in [3.8, 4) is 0 Å². The number of aromatic nitrogens is 2. The molecule has 4 rings (SSSR count). The molecule has 1 aromatic heterocycles. The van der Waals surface area contributed by atoms with Crippen molar-refractivity contribution in [3.05, 3.63) is 30.1 Å². The monoisotopic (exact) mass is 376 g/mol. The van der Waals surface area contributed by atoms with Gasteiger partial charge in [0.15, 0.2) is 0 Å². The molecule has 1 aromatic carbocycles. The average Bonchev–Trinajstić information content (AvgIpc) is 3.31. The van der Waals surface area contributed by atoms with Crippen LogP contribution in [-0.4, -0.2) is 65.4 Å². The van der Waals surface area contributed by atoms with Crippen molar-refractivity contribution >= 4 is 27.0 Å². The van der Waals surface area contributed by atoms with Gasteiger partial charge in [-0.3, -0.25) is 4.79 Å². The lowest BCUT2D eigenvalue weighted by Gasteiger charge is -2.34. The van der Waals surface area contributed by atoms with Gasteiger partial charge in [0.25, 0.3) is 5.91 Å². The molecule has 0 radical (unpaired) electrons. The molecule has 7 nitrogen and oxygen atoms in total. The second-order valence-corrected chi connectivity index (χ2v) is 9.27. The van der Waals surface area contributed by atoms with Crippen molar-refractivity contribution in [3.63, 3.8) is 0 Å². The summed E-state index contributed by atoms with van der Waals surface area (Å²) < 4.78 is 26.8. The topological polar surface area (TPSA) is 86.4 Å². The van der Waals surface area contributed by atoms with Gasteiger partial charge in [-0.2, -0.15) is 4.31 Å². The van der Waals surface area contributed by atoms with E-state index in [0.717, 1.165) is 36.7 Å². The molecule has 1 saturated carbocycles. The third kappa shape index (κ3) is 3.48. The maximum atomic E-state index is 12.7. The summed E-state index contributed by atoms with van der Waals surface area (Å²) in [5, 5.41) is 0. The number of hydrogen-bond acceptors (Lipinski definition) is 4. The number of carbonyl (C=O) groups excluding carboxylic acids is 1. The van der Waals surface area contributed by atoms with Crippen molar-refractivity contribution in [1.82, 2.24) is 19.2 Å². The minimum atomic E-state index is -3.22. The molecule has 1 aliphatic heterocycles. The van der Waals surface area contributed by atoms with Crippen molar-refractivity contribution in [1.29, 1.82) is 0 Å². The van der Waals surface area contributed by atoms with Crippen LogP contribution < -0.4 is 0 Å². The summed E-state index contributed by atoms with van der Waals surface area (Å²) in [7, 11) is -3.22. The maximum Gasteiger partial charge on any atom is 0.254 e. The smallest absolute Gasteiger partial charge is 0.254 e. The van der Waals surface area contributed by atoms with Gasteiger partial charge >= 0.3 is 0 Å². The molecule has 2 heterocycles. The Balaban J connectivity index is 1.38. The second-order valence-electron chi connectivity index (χ2n) is 7.25. The number of aromatic amines is 1. The SMILES string of the molecule is O=C(c1ccc2nc[nH]c2c1)N1CCN(S(=O)(=O)CC2CCCC2)CC1. The van der Waals surface area contributed by atoms with Gasteiger partial charge in [0.1, 0.15) is 0 Å². The number of imidazole rings is 1. The first-order valence-electron chi connectivity index (χ1n) is 9.23. The Hall–Kier alpha value is -1.93. The number of H-pyrrole nitrogens is 1. The minimum absolute atomic E-state index is 0.0608. The number of benzene rings is 1. The van der Waals surface area contributed by atoms with Gasteiger partial charge < -0.3 is 9.88 Å². The Kier molecular flexibility index (Phi) is 4.71. The van der Waals surface area contributed by atoms with E-state index in [1.165, 1.54) is 0 Å². The molecule has 2 aromatic rings. The van der Waals surface area contributed by atoms with E-state index >= 15 is 0 Å². The molecule has 1 saturated heterocycles. The van der Waals surface area contributed by atoms with Crippen LogP contribution in [0.15, 0.2) is 24.5 Å². The van der Waals surface area contributed by atoms with Crippen LogP contribution in [0.4, 0.5) is 0 Å². The number of nitrogens with one attached hydrogen (secondary N) is 1. The van der Waals surface area contributed by atoms with Crippen LogP contribution in [-0.2, 0) is 10.0 Å². The van der Waals surface area contributed by atoms with Crippen LogP contribution in [0.1, 0.15) is 36.0 Å². The fraction of sp³-hybridized carbons (Fsp3) is 0.556. The van der Waals surface area contributed by atoms with E-state index in [1.54, 1.807) is 27.7 Å². The van der Waals surface area contributed by atoms with Crippen LogP contribution in [0.3, 0.4) is 0 Å². The van der Waals surface area contributed by atoms with E-state index in [1.807, 2.05) is 6.07 Å². The van der Waals surface area contributed by atoms with E-state index < -0.39 is 10.0 Å². The maximum absolute atomic E-state index is 12.7. The molecule has 1 N–H and O–H groups in total. The first kappa shape index (κ1) is 17.5. The lowest BCUT2D eigenvalue weighted by atomic mass is 10.1. The summed E-state index contributed by atoms with van der Waals surface area (Å²) >= 11 is 0. The van der Waals surface area contributed by atoms with Crippen LogP contribution in [0.5, 0.6) is 0 Å². The number of nitrogens with zero attached hydrogens (tertiary/aromatic N) is 3. The highest BCUT2D eigenvalue weighted by molar-refractivity contribution is 7.89. The Morgan fingerprint density at radius 3 is 2.62 bits per heavy atom. The van der Waals surface area contributed by atoms with E-state index in [-0.39, 0.29) is 11.7 Å². The molecule has 1 aliphatic carbocycles. The molecule has 0 spiro atoms. The number of piperazine rings is 1. The number of sulfonamides is 1. The standard InChI is InChI=1S/C18H24N4O3S/c23-18(15-5-6-16-17(11-15)20-13-19-16)21-7-9-22(10-8-21)26(24,25)12-14-3-1-2-4-14/h5-6,11,13-14H,1-4,7-10,12H2,(H,19,20). The van der Waals surface area contributed by atoms with Gasteiger partial charge in [-0.05, 0) is 37.0 Å². The number of carbonyl (C=O) groups is 1. The summed E-state index contributed by atoms with van der Waals surface area (Å²) in [5.41, 5.74) is 2.25. The molecule has 0 atom stereocenters. The fourth-order valence-electron chi connectivity index (χ4n) is 4.00. The molecule has 2 fully saturated rings. The Labute approximate surface area is 153 Å². The lowest BCUT2D eigenvalue weighted by Crippen LogP contribution is -2.51. The lowest BCUT2D eigenvalue weighted by molar-refractivity contribution is 0.0698. The van der Waals surface area contributed by atoms with Crippen molar-refractivity contribution < 1.29 is 13.2 Å². The summed E-state index contributed by atoms with van der Waals surface area (Å²) in [6.07, 6.45) is 5.93. The van der Waals surface area contributed by atoms with E-state index in [9.17, 15) is 13.2 Å². The van der Waals surface area contributed by atoms with E-state index in [0.29, 0.717) is 37.7 Å². The predicted molar refractivity (Wildman–Crippen MR) is 99.3 cm³/mol. The van der Waals surface area contributed by atoms with Gasteiger partial charge in [0.2, 0.25) is 10.0 Å². The molecule has 8 heteroatoms. The Morgan fingerprint density at radius 2 is 1.88 bits per heavy atom. The second kappa shape index (κ2) is 7.00. The largest absolute Gasteiger partial charge is 0.345 e. The molecule has 26 heavy (non-hydrogen) atoms. The van der Waals surface area contributed by atoms with Gasteiger partial charge in [-0.25, -0.2) is 13.4 Å². The summed E-state index contributed by atoms with van der Waals surface area (Å²) in [5.74, 6) is 0.507. The highest BCUT2D eigenvalue weighted by Crippen LogP contribution is 2.27. The zero-order chi connectivity index (χ0) is 18.1. The van der Waals surface area contributed by atoms with Crippen molar-refractivity contribution in [2.24, 2.45) is 5.92 Å². The molecular formula is C18H24N4O3S. The van der Waals surface area contributed by atoms with Gasteiger partial charge in [-0.15, -0.1) is 0 Å². The summed E-state index contributed by atoms with van der Waals surface area (Å²) in [4.78, 5) is 21.6. The van der Waals surface area contributed by atoms with Crippen LogP contribution in [0, 0.1) is 5.92 Å². The molecular weight excluding hydrogens is 352 g/mol. The van der Waals surface area contributed by atoms with E-state index in [4.69, 9.17) is 0 Å². The molecule has 0 unspecified atom stereocenters. The van der Waals surface area contributed by atoms with Crippen molar-refractivity contribution in [2.45, 2.75) is 25.7 Å². The summed E-state index contributed by atoms with van der Waals surface area (Å²) in [6, 6.07) is 5.39.